The van der Waals surface area contributed by atoms with E-state index in [2.05, 4.69) is 91.9 Å². The minimum atomic E-state index is 0.406. The van der Waals surface area contributed by atoms with E-state index in [0.717, 1.165) is 30.8 Å². The maximum absolute atomic E-state index is 9.50. The summed E-state index contributed by atoms with van der Waals surface area (Å²) in [5, 5.41) is 9.50. The van der Waals surface area contributed by atoms with E-state index in [4.69, 9.17) is 0 Å². The van der Waals surface area contributed by atoms with E-state index >= 15 is 0 Å². The van der Waals surface area contributed by atoms with Gasteiger partial charge in [-0.2, -0.15) is 5.26 Å². The highest BCUT2D eigenvalue weighted by Crippen LogP contribution is 2.21. The third-order valence-electron chi connectivity index (χ3n) is 5.94. The van der Waals surface area contributed by atoms with Crippen LogP contribution in [0.25, 0.3) is 0 Å². The van der Waals surface area contributed by atoms with Crippen LogP contribution in [0, 0.1) is 24.2 Å². The van der Waals surface area contributed by atoms with Crippen LogP contribution in [0.4, 0.5) is 0 Å². The Morgan fingerprint density at radius 1 is 0.897 bits per heavy atom. The zero-order valence-corrected chi connectivity index (χ0v) is 18.0. The molecule has 0 aliphatic carbocycles. The summed E-state index contributed by atoms with van der Waals surface area (Å²) in [6.07, 6.45) is 2.17. The van der Waals surface area contributed by atoms with E-state index < -0.39 is 0 Å². The quantitative estimate of drug-likeness (QED) is 0.493. The van der Waals surface area contributed by atoms with Gasteiger partial charge in [0.1, 0.15) is 0 Å². The molecule has 0 N–H and O–H groups in total. The number of benzene rings is 2. The van der Waals surface area contributed by atoms with Crippen molar-refractivity contribution in [3.8, 4) is 6.07 Å². The van der Waals surface area contributed by atoms with Gasteiger partial charge in [-0.3, -0.25) is 4.90 Å². The van der Waals surface area contributed by atoms with Crippen molar-refractivity contribution in [2.24, 2.45) is 5.92 Å². The molecule has 0 aliphatic heterocycles. The fraction of sp³-hybridized carbons (Fsp3) is 0.346. The van der Waals surface area contributed by atoms with Crippen molar-refractivity contribution in [2.75, 3.05) is 0 Å². The van der Waals surface area contributed by atoms with E-state index in [0.29, 0.717) is 12.0 Å². The minimum Gasteiger partial charge on any atom is -0.346 e. The van der Waals surface area contributed by atoms with Gasteiger partial charge in [-0.15, -0.1) is 0 Å². The lowest BCUT2D eigenvalue weighted by Gasteiger charge is -2.32. The summed E-state index contributed by atoms with van der Waals surface area (Å²) in [6, 6.07) is 23.6. The molecule has 0 radical (unpaired) electrons. The van der Waals surface area contributed by atoms with Crippen LogP contribution in [0.2, 0.25) is 0 Å². The number of aromatic nitrogens is 1. The average Bonchev–Trinajstić information content (AvgIpc) is 3.15. The van der Waals surface area contributed by atoms with E-state index in [1.165, 1.54) is 16.8 Å². The Balaban J connectivity index is 1.85. The fourth-order valence-corrected chi connectivity index (χ4v) is 3.68. The normalized spacial score (nSPS) is 12.3. The Morgan fingerprint density at radius 3 is 2.28 bits per heavy atom. The molecule has 0 saturated heterocycles. The average molecular weight is 386 g/mol. The molecule has 150 valence electrons. The molecule has 0 bridgehead atoms. The number of nitriles is 1. The second-order valence-corrected chi connectivity index (χ2v) is 8.21. The van der Waals surface area contributed by atoms with E-state index in [9.17, 15) is 5.26 Å². The van der Waals surface area contributed by atoms with Gasteiger partial charge in [-0.25, -0.2) is 0 Å². The molecule has 1 aromatic heterocycles. The SMILES string of the molecule is Cc1ccccc1Cn1cccc1CN(Cc1ccccc1C#N)[C@@H](C)C(C)C. The summed E-state index contributed by atoms with van der Waals surface area (Å²) >= 11 is 0. The molecular weight excluding hydrogens is 354 g/mol. The van der Waals surface area contributed by atoms with E-state index in [1.807, 2.05) is 18.2 Å². The summed E-state index contributed by atoms with van der Waals surface area (Å²) in [6.45, 7) is 11.5. The van der Waals surface area contributed by atoms with Crippen molar-refractivity contribution < 1.29 is 0 Å². The highest BCUT2D eigenvalue weighted by Gasteiger charge is 2.20. The number of nitrogens with zero attached hydrogens (tertiary/aromatic N) is 3. The lowest BCUT2D eigenvalue weighted by Crippen LogP contribution is -2.36. The zero-order chi connectivity index (χ0) is 20.8. The largest absolute Gasteiger partial charge is 0.346 e. The standard InChI is InChI=1S/C26H31N3/c1-20(2)22(4)29(18-25-13-8-7-11-23(25)16-27)19-26-14-9-15-28(26)17-24-12-6-5-10-21(24)3/h5-15,20,22H,17-19H2,1-4H3/t22-/m0/s1. The first kappa shape index (κ1) is 20.9. The monoisotopic (exact) mass is 385 g/mol. The molecule has 1 heterocycles. The maximum atomic E-state index is 9.50. The van der Waals surface area contributed by atoms with Crippen LogP contribution in [-0.2, 0) is 19.6 Å². The lowest BCUT2D eigenvalue weighted by molar-refractivity contribution is 0.148. The Kier molecular flexibility index (Phi) is 6.90. The second kappa shape index (κ2) is 9.58. The first-order chi connectivity index (χ1) is 14.0. The van der Waals surface area contributed by atoms with Gasteiger partial charge in [0, 0.05) is 37.6 Å². The molecule has 2 aromatic carbocycles. The molecule has 3 aromatic rings. The maximum Gasteiger partial charge on any atom is 0.0995 e. The molecule has 0 spiro atoms. The minimum absolute atomic E-state index is 0.406. The molecule has 0 amide bonds. The van der Waals surface area contributed by atoms with Crippen LogP contribution in [0.5, 0.6) is 0 Å². The van der Waals surface area contributed by atoms with Crippen LogP contribution >= 0.6 is 0 Å². The molecule has 1 atom stereocenters. The van der Waals surface area contributed by atoms with Gasteiger partial charge in [-0.1, -0.05) is 56.3 Å². The third-order valence-corrected chi connectivity index (χ3v) is 5.94. The third kappa shape index (κ3) is 5.16. The summed E-state index contributed by atoms with van der Waals surface area (Å²) in [7, 11) is 0. The lowest BCUT2D eigenvalue weighted by atomic mass is 10.0. The van der Waals surface area contributed by atoms with Gasteiger partial charge in [0.2, 0.25) is 0 Å². The van der Waals surface area contributed by atoms with Crippen LogP contribution < -0.4 is 0 Å². The Hall–Kier alpha value is -2.83. The van der Waals surface area contributed by atoms with Crippen molar-refractivity contribution in [1.29, 1.82) is 5.26 Å². The Labute approximate surface area is 175 Å². The van der Waals surface area contributed by atoms with Gasteiger partial charge >= 0.3 is 0 Å². The van der Waals surface area contributed by atoms with Crippen LogP contribution in [0.1, 0.15) is 48.7 Å². The number of hydrogen-bond acceptors (Lipinski definition) is 2. The number of rotatable bonds is 8. The summed E-state index contributed by atoms with van der Waals surface area (Å²) < 4.78 is 2.35. The second-order valence-electron chi connectivity index (χ2n) is 8.21. The van der Waals surface area contributed by atoms with Crippen molar-refractivity contribution in [2.45, 2.75) is 53.4 Å². The van der Waals surface area contributed by atoms with Crippen LogP contribution in [-0.4, -0.2) is 15.5 Å². The molecule has 0 saturated carbocycles. The first-order valence-corrected chi connectivity index (χ1v) is 10.4. The number of hydrogen-bond donors (Lipinski definition) is 0. The van der Waals surface area contributed by atoms with Gasteiger partial charge in [0.05, 0.1) is 11.6 Å². The van der Waals surface area contributed by atoms with Gasteiger partial charge in [0.25, 0.3) is 0 Å². The van der Waals surface area contributed by atoms with E-state index in [1.54, 1.807) is 0 Å². The highest BCUT2D eigenvalue weighted by molar-refractivity contribution is 5.37. The Morgan fingerprint density at radius 2 is 1.59 bits per heavy atom. The first-order valence-electron chi connectivity index (χ1n) is 10.4. The smallest absolute Gasteiger partial charge is 0.0995 e. The molecule has 0 aliphatic rings. The fourth-order valence-electron chi connectivity index (χ4n) is 3.68. The molecule has 0 fully saturated rings. The molecule has 29 heavy (non-hydrogen) atoms. The van der Waals surface area contributed by atoms with E-state index in [-0.39, 0.29) is 0 Å². The van der Waals surface area contributed by atoms with Crippen LogP contribution in [0.3, 0.4) is 0 Å². The van der Waals surface area contributed by atoms with Gasteiger partial charge < -0.3 is 4.57 Å². The van der Waals surface area contributed by atoms with Gasteiger partial charge in [-0.05, 0) is 54.7 Å². The topological polar surface area (TPSA) is 32.0 Å². The molecule has 3 nitrogen and oxygen atoms in total. The van der Waals surface area contributed by atoms with Crippen LogP contribution in [0.15, 0.2) is 66.9 Å². The summed E-state index contributed by atoms with van der Waals surface area (Å²) in [4.78, 5) is 2.49. The summed E-state index contributed by atoms with van der Waals surface area (Å²) in [5.74, 6) is 0.532. The number of aryl methyl sites for hydroxylation is 1. The molecule has 3 rings (SSSR count). The Bertz CT molecular complexity index is 977. The van der Waals surface area contributed by atoms with Crippen molar-refractivity contribution in [3.63, 3.8) is 0 Å². The predicted octanol–water partition coefficient (Wildman–Crippen LogP) is 5.76. The highest BCUT2D eigenvalue weighted by atomic mass is 15.2. The van der Waals surface area contributed by atoms with Crippen molar-refractivity contribution >= 4 is 0 Å². The van der Waals surface area contributed by atoms with Crippen molar-refractivity contribution in [1.82, 2.24) is 9.47 Å². The van der Waals surface area contributed by atoms with Crippen molar-refractivity contribution in [3.05, 3.63) is 94.8 Å². The molecule has 0 unspecified atom stereocenters. The zero-order valence-electron chi connectivity index (χ0n) is 18.0. The predicted molar refractivity (Wildman–Crippen MR) is 119 cm³/mol. The summed E-state index contributed by atoms with van der Waals surface area (Å²) in [5.41, 5.74) is 5.84. The van der Waals surface area contributed by atoms with Gasteiger partial charge in [0.15, 0.2) is 0 Å². The molecule has 3 heteroatoms. The molecular formula is C26H31N3.